The van der Waals surface area contributed by atoms with Gasteiger partial charge in [0.15, 0.2) is 22.9 Å². The summed E-state index contributed by atoms with van der Waals surface area (Å²) in [5.41, 5.74) is 6.28. The van der Waals surface area contributed by atoms with Crippen LogP contribution in [0.3, 0.4) is 0 Å². The van der Waals surface area contributed by atoms with Crippen LogP contribution in [-0.4, -0.2) is 59.9 Å². The first-order valence-corrected chi connectivity index (χ1v) is 14.6. The third-order valence-corrected chi connectivity index (χ3v) is 8.71. The summed E-state index contributed by atoms with van der Waals surface area (Å²) in [5.74, 6) is 0.964. The van der Waals surface area contributed by atoms with Crippen molar-refractivity contribution in [1.82, 2.24) is 40.4 Å². The molecule has 42 heavy (non-hydrogen) atoms. The lowest BCUT2D eigenvalue weighted by Gasteiger charge is -2.21. The molecule has 4 N–H and O–H groups in total. The van der Waals surface area contributed by atoms with Crippen LogP contribution in [0.1, 0.15) is 35.9 Å². The molecule has 0 saturated carbocycles. The molecule has 0 radical (unpaired) electrons. The van der Waals surface area contributed by atoms with Gasteiger partial charge in [0.05, 0.1) is 33.5 Å². The second kappa shape index (κ2) is 10.9. The minimum absolute atomic E-state index is 0.000637. The Morgan fingerprint density at radius 1 is 1.07 bits per heavy atom. The van der Waals surface area contributed by atoms with E-state index < -0.39 is 0 Å². The first kappa shape index (κ1) is 26.1. The first-order valence-electron chi connectivity index (χ1n) is 13.8. The number of hydrogen-bond donors (Lipinski definition) is 4. The number of aromatic amines is 2. The number of aromatic nitrogens is 7. The molecule has 1 saturated heterocycles. The molecule has 7 heterocycles. The zero-order valence-electron chi connectivity index (χ0n) is 22.8. The smallest absolute Gasteiger partial charge is 0.224 e. The molecular weight excluding hydrogens is 550 g/mol. The van der Waals surface area contributed by atoms with Crippen LogP contribution < -0.4 is 10.6 Å². The summed E-state index contributed by atoms with van der Waals surface area (Å²) < 4.78 is 0. The van der Waals surface area contributed by atoms with Gasteiger partial charge in [0.2, 0.25) is 5.91 Å². The van der Waals surface area contributed by atoms with E-state index in [-0.39, 0.29) is 11.7 Å². The molecule has 7 rings (SSSR count). The highest BCUT2D eigenvalue weighted by molar-refractivity contribution is 7.17. The van der Waals surface area contributed by atoms with E-state index in [1.165, 1.54) is 11.3 Å². The van der Waals surface area contributed by atoms with Crippen LogP contribution in [0.5, 0.6) is 0 Å². The first-order chi connectivity index (χ1) is 20.5. The number of nitrogens with zero attached hydrogens (tertiary/aromatic N) is 5. The molecule has 1 amide bonds. The summed E-state index contributed by atoms with van der Waals surface area (Å²) in [4.78, 5) is 48.0. The van der Waals surface area contributed by atoms with Crippen LogP contribution in [0.4, 0.5) is 5.69 Å². The fourth-order valence-corrected chi connectivity index (χ4v) is 6.27. The van der Waals surface area contributed by atoms with Gasteiger partial charge in [0.1, 0.15) is 5.52 Å². The van der Waals surface area contributed by atoms with Gasteiger partial charge in [0.25, 0.3) is 0 Å². The number of rotatable bonds is 7. The fourth-order valence-electron chi connectivity index (χ4n) is 5.33. The van der Waals surface area contributed by atoms with Crippen molar-refractivity contribution in [1.29, 1.82) is 0 Å². The van der Waals surface area contributed by atoms with Crippen LogP contribution in [-0.2, 0) is 4.79 Å². The molecule has 1 fully saturated rings. The molecule has 6 aromatic heterocycles. The lowest BCUT2D eigenvalue weighted by atomic mass is 9.94. The maximum atomic E-state index is 12.7. The molecule has 0 unspecified atom stereocenters. The van der Waals surface area contributed by atoms with Crippen molar-refractivity contribution in [2.45, 2.75) is 26.2 Å². The summed E-state index contributed by atoms with van der Waals surface area (Å²) in [6.07, 6.45) is 7.62. The summed E-state index contributed by atoms with van der Waals surface area (Å²) in [6.45, 7) is 3.48. The van der Waals surface area contributed by atoms with Gasteiger partial charge in [-0.25, -0.2) is 15.0 Å². The highest BCUT2D eigenvalue weighted by atomic mass is 32.1. The molecule has 0 aromatic carbocycles. The number of amides is 1. The van der Waals surface area contributed by atoms with Gasteiger partial charge in [-0.05, 0) is 75.2 Å². The van der Waals surface area contributed by atoms with Gasteiger partial charge in [-0.2, -0.15) is 5.10 Å². The lowest BCUT2D eigenvalue weighted by molar-refractivity contribution is -0.117. The van der Waals surface area contributed by atoms with Gasteiger partial charge < -0.3 is 15.6 Å². The minimum Gasteiger partial charge on any atom is -0.335 e. The van der Waals surface area contributed by atoms with Gasteiger partial charge >= 0.3 is 0 Å². The predicted octanol–water partition coefficient (Wildman–Crippen LogP) is 5.22. The number of pyridine rings is 3. The van der Waals surface area contributed by atoms with Crippen LogP contribution in [0.25, 0.3) is 55.4 Å². The molecular formula is C30H27N9O2S. The average molecular weight is 578 g/mol. The van der Waals surface area contributed by atoms with Gasteiger partial charge in [-0.3, -0.25) is 19.7 Å². The number of H-pyrrole nitrogens is 2. The topological polar surface area (TPSA) is 154 Å². The second-order valence-electron chi connectivity index (χ2n) is 10.4. The summed E-state index contributed by atoms with van der Waals surface area (Å²) in [6, 6.07) is 11.4. The number of carbonyl (C=O) groups is 2. The SMILES string of the molecule is CC(=O)c1ccc(-c2ccnc3nc(-c4n[nH]c5ccc(-c6cncc(NC(=O)CC7CCNCC7)c6)nc45)[nH]c23)s1. The average Bonchev–Trinajstić information content (AvgIpc) is 3.75. The van der Waals surface area contributed by atoms with Crippen LogP contribution in [0.15, 0.2) is 55.0 Å². The Morgan fingerprint density at radius 3 is 2.79 bits per heavy atom. The Balaban J connectivity index is 1.19. The van der Waals surface area contributed by atoms with Crippen molar-refractivity contribution in [3.63, 3.8) is 0 Å². The quantitative estimate of drug-likeness (QED) is 0.188. The number of imidazole rings is 1. The summed E-state index contributed by atoms with van der Waals surface area (Å²) in [5, 5.41) is 13.9. The number of Topliss-reactive ketones (excluding diaryl/α,β-unsaturated/α-hetero) is 1. The van der Waals surface area contributed by atoms with E-state index in [0.717, 1.165) is 53.0 Å². The Bertz CT molecular complexity index is 1950. The molecule has 1 aliphatic rings. The molecule has 12 heteroatoms. The second-order valence-corrected chi connectivity index (χ2v) is 11.5. The predicted molar refractivity (Wildman–Crippen MR) is 162 cm³/mol. The van der Waals surface area contributed by atoms with Crippen molar-refractivity contribution in [2.75, 3.05) is 18.4 Å². The van der Waals surface area contributed by atoms with Crippen molar-refractivity contribution in [3.05, 3.63) is 59.9 Å². The Labute approximate surface area is 244 Å². The molecule has 11 nitrogen and oxygen atoms in total. The number of ketones is 1. The third kappa shape index (κ3) is 5.06. The maximum Gasteiger partial charge on any atom is 0.224 e. The number of piperidine rings is 1. The maximum absolute atomic E-state index is 12.7. The number of nitrogens with one attached hydrogen (secondary N) is 4. The van der Waals surface area contributed by atoms with Crippen molar-refractivity contribution in [3.8, 4) is 33.2 Å². The van der Waals surface area contributed by atoms with E-state index in [0.29, 0.717) is 51.3 Å². The fraction of sp³-hybridized carbons (Fsp3) is 0.233. The largest absolute Gasteiger partial charge is 0.335 e. The van der Waals surface area contributed by atoms with Crippen LogP contribution >= 0.6 is 11.3 Å². The van der Waals surface area contributed by atoms with E-state index in [9.17, 15) is 9.59 Å². The van der Waals surface area contributed by atoms with Crippen molar-refractivity contribution in [2.24, 2.45) is 5.92 Å². The van der Waals surface area contributed by atoms with E-state index in [1.54, 1.807) is 25.5 Å². The van der Waals surface area contributed by atoms with E-state index >= 15 is 0 Å². The molecule has 6 aromatic rings. The van der Waals surface area contributed by atoms with E-state index in [4.69, 9.17) is 9.97 Å². The highest BCUT2D eigenvalue weighted by Crippen LogP contribution is 2.34. The molecule has 0 aliphatic carbocycles. The van der Waals surface area contributed by atoms with E-state index in [2.05, 4.69) is 35.8 Å². The number of fused-ring (bicyclic) bond motifs is 2. The van der Waals surface area contributed by atoms with Crippen LogP contribution in [0, 0.1) is 5.92 Å². The molecule has 1 aliphatic heterocycles. The molecule has 0 atom stereocenters. The monoisotopic (exact) mass is 577 g/mol. The van der Waals surface area contributed by atoms with Crippen molar-refractivity contribution < 1.29 is 9.59 Å². The number of carbonyl (C=O) groups excluding carboxylic acids is 2. The normalized spacial score (nSPS) is 14.0. The lowest BCUT2D eigenvalue weighted by Crippen LogP contribution is -2.30. The standard InChI is InChI=1S/C30H27N9O2S/c1-16(40)23-4-5-24(42-23)20-8-11-33-29-26(20)36-30(37-29)28-27-22(38-39-28)3-2-21(35-27)18-13-19(15-32-14-18)34-25(41)12-17-6-9-31-10-7-17/h2-5,8,11,13-15,17,31H,6-7,9-10,12H2,1H3,(H,34,41)(H,38,39)(H,33,36,37). The van der Waals surface area contributed by atoms with Crippen LogP contribution in [0.2, 0.25) is 0 Å². The van der Waals surface area contributed by atoms with E-state index in [1.807, 2.05) is 36.4 Å². The summed E-state index contributed by atoms with van der Waals surface area (Å²) >= 11 is 1.44. The minimum atomic E-state index is -0.000637. The Morgan fingerprint density at radius 2 is 1.95 bits per heavy atom. The van der Waals surface area contributed by atoms with Gasteiger partial charge in [-0.15, -0.1) is 11.3 Å². The highest BCUT2D eigenvalue weighted by Gasteiger charge is 2.19. The number of anilines is 1. The van der Waals surface area contributed by atoms with Gasteiger partial charge in [0, 0.05) is 34.8 Å². The number of hydrogen-bond acceptors (Lipinski definition) is 9. The molecule has 210 valence electrons. The van der Waals surface area contributed by atoms with Gasteiger partial charge in [-0.1, -0.05) is 0 Å². The Hall–Kier alpha value is -4.81. The Kier molecular flexibility index (Phi) is 6.76. The summed E-state index contributed by atoms with van der Waals surface area (Å²) in [7, 11) is 0. The molecule has 0 bridgehead atoms. The zero-order chi connectivity index (χ0) is 28.6. The third-order valence-electron chi connectivity index (χ3n) is 7.49. The zero-order valence-corrected chi connectivity index (χ0v) is 23.6. The molecule has 0 spiro atoms. The number of thiophene rings is 1. The van der Waals surface area contributed by atoms with Crippen molar-refractivity contribution >= 4 is 50.9 Å².